The summed E-state index contributed by atoms with van der Waals surface area (Å²) in [5, 5.41) is 9.14. The van der Waals surface area contributed by atoms with Gasteiger partial charge in [-0.05, 0) is 53.0 Å². The summed E-state index contributed by atoms with van der Waals surface area (Å²) in [6.45, 7) is 0. The van der Waals surface area contributed by atoms with Gasteiger partial charge in [0.15, 0.2) is 0 Å². The zero-order valence-corrected chi connectivity index (χ0v) is 11.8. The van der Waals surface area contributed by atoms with Crippen LogP contribution in [-0.2, 0) is 16.6 Å². The Kier molecular flexibility index (Phi) is 3.62. The molecule has 0 aromatic heterocycles. The van der Waals surface area contributed by atoms with Crippen LogP contribution in [0.5, 0.6) is 0 Å². The van der Waals surface area contributed by atoms with Gasteiger partial charge in [-0.3, -0.25) is 4.79 Å². The molecule has 18 heavy (non-hydrogen) atoms. The maximum absolute atomic E-state index is 12.7. The molecule has 1 aliphatic rings. The van der Waals surface area contributed by atoms with Crippen molar-refractivity contribution in [1.29, 1.82) is 0 Å². The average molecular weight is 366 g/mol. The Labute approximate surface area is 118 Å². The number of carboxylic acids is 1. The summed E-state index contributed by atoms with van der Waals surface area (Å²) >= 11 is 1.13. The number of aliphatic carboxylic acids is 1. The molecule has 1 aromatic rings. The van der Waals surface area contributed by atoms with Crippen LogP contribution in [0.2, 0.25) is 0 Å². The number of hydrogen-bond acceptors (Lipinski definition) is 1. The van der Waals surface area contributed by atoms with Crippen LogP contribution in [0.25, 0.3) is 0 Å². The number of halogens is 3. The standard InChI is InChI=1S/C13H13F2IO2/c14-13(15,16)6-5-9-1-3-10(4-2-9)12(7-8-12)11(17)18/h1-4H,5-8H2,(H,17,18). The summed E-state index contributed by atoms with van der Waals surface area (Å²) in [5.41, 5.74) is 0.877. The van der Waals surface area contributed by atoms with Crippen molar-refractivity contribution in [2.24, 2.45) is 0 Å². The molecular formula is C13H13F2IO2. The van der Waals surface area contributed by atoms with E-state index in [1.807, 2.05) is 0 Å². The molecule has 98 valence electrons. The number of benzene rings is 1. The van der Waals surface area contributed by atoms with E-state index in [0.29, 0.717) is 19.3 Å². The third kappa shape index (κ3) is 2.99. The van der Waals surface area contributed by atoms with Crippen LogP contribution in [0.1, 0.15) is 30.4 Å². The van der Waals surface area contributed by atoms with Gasteiger partial charge in [-0.15, -0.1) is 0 Å². The van der Waals surface area contributed by atoms with Crippen molar-refractivity contribution in [3.8, 4) is 0 Å². The average Bonchev–Trinajstić information content (AvgIpc) is 3.07. The second-order valence-electron chi connectivity index (χ2n) is 4.70. The molecule has 0 unspecified atom stereocenters. The van der Waals surface area contributed by atoms with Gasteiger partial charge in [0.2, 0.25) is 0 Å². The highest BCUT2D eigenvalue weighted by atomic mass is 127. The maximum atomic E-state index is 12.7. The molecule has 0 aliphatic heterocycles. The Balaban J connectivity index is 2.05. The lowest BCUT2D eigenvalue weighted by Gasteiger charge is -2.12. The van der Waals surface area contributed by atoms with Crippen LogP contribution in [0.4, 0.5) is 8.78 Å². The van der Waals surface area contributed by atoms with Gasteiger partial charge in [-0.2, -0.15) is 8.78 Å². The van der Waals surface area contributed by atoms with Crippen molar-refractivity contribution in [3.63, 3.8) is 0 Å². The molecule has 0 spiro atoms. The zero-order chi connectivity index (χ0) is 13.4. The van der Waals surface area contributed by atoms with E-state index in [1.165, 1.54) is 0 Å². The normalized spacial score (nSPS) is 17.5. The Morgan fingerprint density at radius 1 is 1.33 bits per heavy atom. The van der Waals surface area contributed by atoms with E-state index < -0.39 is 15.3 Å². The minimum atomic E-state index is -2.69. The highest BCUT2D eigenvalue weighted by Crippen LogP contribution is 2.48. The molecule has 1 fully saturated rings. The van der Waals surface area contributed by atoms with Crippen LogP contribution in [0.3, 0.4) is 0 Å². The lowest BCUT2D eigenvalue weighted by molar-refractivity contribution is -0.140. The monoisotopic (exact) mass is 366 g/mol. The molecule has 1 aliphatic carbocycles. The summed E-state index contributed by atoms with van der Waals surface area (Å²) < 4.78 is 22.7. The summed E-state index contributed by atoms with van der Waals surface area (Å²) in [6, 6.07) is 7.00. The predicted molar refractivity (Wildman–Crippen MR) is 72.3 cm³/mol. The predicted octanol–water partition coefficient (Wildman–Crippen LogP) is 3.76. The maximum Gasteiger partial charge on any atom is 0.314 e. The van der Waals surface area contributed by atoms with E-state index in [2.05, 4.69) is 0 Å². The Bertz CT molecular complexity index is 447. The smallest absolute Gasteiger partial charge is 0.314 e. The summed E-state index contributed by atoms with van der Waals surface area (Å²) in [7, 11) is 0. The minimum Gasteiger partial charge on any atom is -0.481 e. The van der Waals surface area contributed by atoms with Crippen LogP contribution in [0, 0.1) is 0 Å². The molecule has 1 saturated carbocycles. The number of carboxylic acid groups (broad SMARTS) is 1. The fourth-order valence-corrected chi connectivity index (χ4v) is 2.30. The van der Waals surface area contributed by atoms with Gasteiger partial charge in [-0.1, -0.05) is 24.3 Å². The fraction of sp³-hybridized carbons (Fsp3) is 0.462. The van der Waals surface area contributed by atoms with E-state index >= 15 is 0 Å². The molecule has 0 saturated heterocycles. The number of carbonyl (C=O) groups is 1. The third-order valence-corrected chi connectivity index (χ3v) is 3.90. The molecule has 2 nitrogen and oxygen atoms in total. The van der Waals surface area contributed by atoms with Crippen molar-refractivity contribution in [1.82, 2.24) is 0 Å². The highest BCUT2D eigenvalue weighted by molar-refractivity contribution is 14.1. The molecule has 0 atom stereocenters. The largest absolute Gasteiger partial charge is 0.481 e. The molecule has 0 heterocycles. The van der Waals surface area contributed by atoms with E-state index in [-0.39, 0.29) is 6.42 Å². The van der Waals surface area contributed by atoms with Crippen molar-refractivity contribution in [2.75, 3.05) is 0 Å². The Morgan fingerprint density at radius 3 is 2.28 bits per heavy atom. The lowest BCUT2D eigenvalue weighted by Crippen LogP contribution is -2.19. The second kappa shape index (κ2) is 4.75. The van der Waals surface area contributed by atoms with Crippen LogP contribution < -0.4 is 0 Å². The topological polar surface area (TPSA) is 37.3 Å². The van der Waals surface area contributed by atoms with Crippen molar-refractivity contribution in [2.45, 2.75) is 35.0 Å². The first kappa shape index (κ1) is 13.7. The number of alkyl halides is 3. The van der Waals surface area contributed by atoms with Crippen molar-refractivity contribution in [3.05, 3.63) is 35.4 Å². The molecule has 1 aromatic carbocycles. The van der Waals surface area contributed by atoms with Gasteiger partial charge in [0.25, 0.3) is 3.93 Å². The number of aryl methyl sites for hydroxylation is 1. The first-order valence-corrected chi connectivity index (χ1v) is 6.81. The minimum absolute atomic E-state index is 0.197. The van der Waals surface area contributed by atoms with Gasteiger partial charge < -0.3 is 5.11 Å². The van der Waals surface area contributed by atoms with Crippen molar-refractivity contribution < 1.29 is 18.7 Å². The van der Waals surface area contributed by atoms with Gasteiger partial charge in [0.1, 0.15) is 0 Å². The molecule has 2 rings (SSSR count). The first-order valence-electron chi connectivity index (χ1n) is 5.73. The summed E-state index contributed by atoms with van der Waals surface area (Å²) in [6.07, 6.45) is 1.42. The third-order valence-electron chi connectivity index (χ3n) is 3.36. The van der Waals surface area contributed by atoms with Gasteiger partial charge >= 0.3 is 5.97 Å². The zero-order valence-electron chi connectivity index (χ0n) is 9.63. The van der Waals surface area contributed by atoms with Crippen LogP contribution in [0.15, 0.2) is 24.3 Å². The first-order chi connectivity index (χ1) is 8.33. The van der Waals surface area contributed by atoms with Gasteiger partial charge in [-0.25, -0.2) is 0 Å². The van der Waals surface area contributed by atoms with Gasteiger partial charge in [0, 0.05) is 6.42 Å². The van der Waals surface area contributed by atoms with E-state index in [0.717, 1.165) is 33.7 Å². The van der Waals surface area contributed by atoms with Gasteiger partial charge in [0.05, 0.1) is 5.41 Å². The summed E-state index contributed by atoms with van der Waals surface area (Å²) in [5.74, 6) is -0.797. The molecular weight excluding hydrogens is 353 g/mol. The van der Waals surface area contributed by atoms with E-state index in [1.54, 1.807) is 24.3 Å². The summed E-state index contributed by atoms with van der Waals surface area (Å²) in [4.78, 5) is 11.1. The van der Waals surface area contributed by atoms with E-state index in [9.17, 15) is 13.6 Å². The molecule has 0 radical (unpaired) electrons. The quantitative estimate of drug-likeness (QED) is 0.637. The highest BCUT2D eigenvalue weighted by Gasteiger charge is 2.51. The second-order valence-corrected chi connectivity index (χ2v) is 6.28. The Morgan fingerprint density at radius 2 is 1.89 bits per heavy atom. The molecule has 0 bridgehead atoms. The van der Waals surface area contributed by atoms with Crippen LogP contribution >= 0.6 is 22.6 Å². The Hall–Kier alpha value is -0.720. The molecule has 1 N–H and O–H groups in total. The SMILES string of the molecule is O=C(O)C1(c2ccc(CCC(F)(F)I)cc2)CC1. The van der Waals surface area contributed by atoms with E-state index in [4.69, 9.17) is 5.11 Å². The lowest BCUT2D eigenvalue weighted by atomic mass is 9.94. The van der Waals surface area contributed by atoms with Crippen LogP contribution in [-0.4, -0.2) is 15.0 Å². The molecule has 0 amide bonds. The number of rotatable bonds is 5. The number of hydrogen-bond donors (Lipinski definition) is 1. The molecule has 5 heteroatoms. The fourth-order valence-electron chi connectivity index (χ4n) is 2.03. The van der Waals surface area contributed by atoms with Crippen molar-refractivity contribution >= 4 is 28.6 Å².